The van der Waals surface area contributed by atoms with Crippen molar-refractivity contribution in [3.8, 4) is 34.5 Å². The standard InChI is InChI=1S/C28H23ClF2N4O5/c1-39-20-7-4-8-21(40-2)24(20)35-25(16-11-17(29)13-32-12-16)33-26(36)23(28(35)38)27(37)34-10-9-15(14-34)22-18(30)5-3-6-19(22)31/h3-8,11-13,15,36H,9-10,14H2,1-2H3. The molecule has 1 saturated heterocycles. The van der Waals surface area contributed by atoms with Crippen LogP contribution in [0, 0.1) is 11.6 Å². The fourth-order valence-electron chi connectivity index (χ4n) is 4.92. The van der Waals surface area contributed by atoms with Crippen LogP contribution < -0.4 is 15.0 Å². The number of halogens is 3. The molecule has 40 heavy (non-hydrogen) atoms. The Labute approximate surface area is 232 Å². The number of para-hydroxylation sites is 1. The van der Waals surface area contributed by atoms with E-state index in [9.17, 15) is 23.5 Å². The number of carbonyl (C=O) groups excluding carboxylic acids is 1. The number of aromatic hydroxyl groups is 1. The van der Waals surface area contributed by atoms with E-state index < -0.39 is 40.5 Å². The van der Waals surface area contributed by atoms with Gasteiger partial charge in [-0.15, -0.1) is 0 Å². The van der Waals surface area contributed by atoms with Crippen molar-refractivity contribution in [1.29, 1.82) is 0 Å². The normalized spacial score (nSPS) is 14.8. The lowest BCUT2D eigenvalue weighted by Crippen LogP contribution is -2.36. The second kappa shape index (κ2) is 10.9. The molecule has 0 bridgehead atoms. The highest BCUT2D eigenvalue weighted by Gasteiger charge is 2.35. The van der Waals surface area contributed by atoms with Gasteiger partial charge in [0.1, 0.15) is 28.8 Å². The SMILES string of the molecule is COc1cccc(OC)c1-n1c(-c2cncc(Cl)c2)nc(O)c(C(=O)N2CCC(c3c(F)cccc3F)C2)c1=O. The molecule has 1 atom stereocenters. The van der Waals surface area contributed by atoms with E-state index in [1.165, 1.54) is 43.6 Å². The first-order chi connectivity index (χ1) is 19.2. The molecule has 0 radical (unpaired) electrons. The maximum Gasteiger partial charge on any atom is 0.275 e. The molecule has 1 fully saturated rings. The topological polar surface area (TPSA) is 107 Å². The molecule has 1 aliphatic rings. The molecule has 1 unspecified atom stereocenters. The Hall–Kier alpha value is -4.51. The van der Waals surface area contributed by atoms with Crippen LogP contribution in [0.25, 0.3) is 17.1 Å². The van der Waals surface area contributed by atoms with E-state index in [1.807, 2.05) is 0 Å². The predicted octanol–water partition coefficient (Wildman–Crippen LogP) is 4.58. The number of carbonyl (C=O) groups is 1. The van der Waals surface area contributed by atoms with E-state index in [-0.39, 0.29) is 58.7 Å². The zero-order valence-corrected chi connectivity index (χ0v) is 22.2. The fraction of sp³-hybridized carbons (Fsp3) is 0.214. The van der Waals surface area contributed by atoms with Crippen LogP contribution in [-0.4, -0.2) is 57.8 Å². The van der Waals surface area contributed by atoms with E-state index in [0.29, 0.717) is 0 Å². The van der Waals surface area contributed by atoms with Crippen molar-refractivity contribution in [1.82, 2.24) is 19.4 Å². The Morgan fingerprint density at radius 2 is 1.73 bits per heavy atom. The molecular weight excluding hydrogens is 546 g/mol. The third-order valence-electron chi connectivity index (χ3n) is 6.75. The van der Waals surface area contributed by atoms with E-state index in [1.54, 1.807) is 18.2 Å². The highest BCUT2D eigenvalue weighted by atomic mass is 35.5. The number of nitrogens with zero attached hydrogens (tertiary/aromatic N) is 4. The zero-order chi connectivity index (χ0) is 28.6. The lowest BCUT2D eigenvalue weighted by Gasteiger charge is -2.21. The summed E-state index contributed by atoms with van der Waals surface area (Å²) in [7, 11) is 2.80. The van der Waals surface area contributed by atoms with Gasteiger partial charge in [0.25, 0.3) is 11.5 Å². The summed E-state index contributed by atoms with van der Waals surface area (Å²) in [6.07, 6.45) is 3.04. The van der Waals surface area contributed by atoms with Crippen LogP contribution in [0.3, 0.4) is 0 Å². The van der Waals surface area contributed by atoms with E-state index >= 15 is 0 Å². The van der Waals surface area contributed by atoms with Gasteiger partial charge in [-0.1, -0.05) is 23.7 Å². The van der Waals surface area contributed by atoms with E-state index in [4.69, 9.17) is 21.1 Å². The van der Waals surface area contributed by atoms with Crippen molar-refractivity contribution >= 4 is 17.5 Å². The molecular formula is C28H23ClF2N4O5. The van der Waals surface area contributed by atoms with Gasteiger partial charge in [0.05, 0.1) is 19.2 Å². The zero-order valence-electron chi connectivity index (χ0n) is 21.4. The number of pyridine rings is 1. The van der Waals surface area contributed by atoms with Gasteiger partial charge in [-0.25, -0.2) is 8.78 Å². The number of likely N-dealkylation sites (tertiary alicyclic amines) is 1. The first-order valence-electron chi connectivity index (χ1n) is 12.2. The number of benzene rings is 2. The summed E-state index contributed by atoms with van der Waals surface area (Å²) < 4.78 is 40.9. The van der Waals surface area contributed by atoms with Gasteiger partial charge in [-0.2, -0.15) is 4.98 Å². The number of hydrogen-bond acceptors (Lipinski definition) is 7. The number of methoxy groups -OCH3 is 2. The molecule has 1 aliphatic heterocycles. The van der Waals surface area contributed by atoms with Gasteiger partial charge in [0, 0.05) is 42.5 Å². The largest absolute Gasteiger partial charge is 0.494 e. The maximum atomic E-state index is 14.4. The second-order valence-corrected chi connectivity index (χ2v) is 9.49. The number of hydrogen-bond donors (Lipinski definition) is 1. The third kappa shape index (κ3) is 4.73. The second-order valence-electron chi connectivity index (χ2n) is 9.05. The van der Waals surface area contributed by atoms with Crippen molar-refractivity contribution in [3.05, 3.63) is 93.0 Å². The quantitative estimate of drug-likeness (QED) is 0.363. The molecule has 2 aromatic carbocycles. The lowest BCUT2D eigenvalue weighted by atomic mass is 9.97. The number of ether oxygens (including phenoxy) is 2. The smallest absolute Gasteiger partial charge is 0.275 e. The predicted molar refractivity (Wildman–Crippen MR) is 142 cm³/mol. The Kier molecular flexibility index (Phi) is 7.40. The van der Waals surface area contributed by atoms with Gasteiger partial charge in [-0.3, -0.25) is 19.1 Å². The summed E-state index contributed by atoms with van der Waals surface area (Å²) in [6, 6.07) is 9.89. The third-order valence-corrected chi connectivity index (χ3v) is 6.96. The molecule has 1 amide bonds. The van der Waals surface area contributed by atoms with Gasteiger partial charge in [-0.05, 0) is 36.8 Å². The average molecular weight is 569 g/mol. The van der Waals surface area contributed by atoms with E-state index in [2.05, 4.69) is 9.97 Å². The van der Waals surface area contributed by atoms with Gasteiger partial charge in [0.15, 0.2) is 11.4 Å². The van der Waals surface area contributed by atoms with Crippen LogP contribution in [0.1, 0.15) is 28.3 Å². The molecule has 12 heteroatoms. The highest BCUT2D eigenvalue weighted by molar-refractivity contribution is 6.30. The van der Waals surface area contributed by atoms with Gasteiger partial charge >= 0.3 is 0 Å². The Balaban J connectivity index is 1.67. The summed E-state index contributed by atoms with van der Waals surface area (Å²) in [5, 5.41) is 11.2. The summed E-state index contributed by atoms with van der Waals surface area (Å²) in [6.45, 7) is 0.0433. The van der Waals surface area contributed by atoms with Crippen LogP contribution in [0.4, 0.5) is 8.78 Å². The summed E-state index contributed by atoms with van der Waals surface area (Å²) >= 11 is 6.14. The highest BCUT2D eigenvalue weighted by Crippen LogP contribution is 2.36. The summed E-state index contributed by atoms with van der Waals surface area (Å²) in [5.41, 5.74) is -1.28. The number of amides is 1. The van der Waals surface area contributed by atoms with Crippen LogP contribution in [-0.2, 0) is 0 Å². The fourth-order valence-corrected chi connectivity index (χ4v) is 5.10. The first kappa shape index (κ1) is 27.1. The molecule has 9 nitrogen and oxygen atoms in total. The van der Waals surface area contributed by atoms with Crippen LogP contribution >= 0.6 is 11.6 Å². The van der Waals surface area contributed by atoms with Gasteiger partial charge in [0.2, 0.25) is 5.88 Å². The Morgan fingerprint density at radius 3 is 2.35 bits per heavy atom. The molecule has 5 rings (SSSR count). The molecule has 206 valence electrons. The molecule has 3 heterocycles. The maximum absolute atomic E-state index is 14.4. The van der Waals surface area contributed by atoms with Crippen LogP contribution in [0.15, 0.2) is 59.7 Å². The monoisotopic (exact) mass is 568 g/mol. The minimum absolute atomic E-state index is 0.0620. The summed E-state index contributed by atoms with van der Waals surface area (Å²) in [4.78, 5) is 37.3. The van der Waals surface area contributed by atoms with E-state index in [0.717, 1.165) is 16.7 Å². The van der Waals surface area contributed by atoms with Crippen molar-refractivity contribution in [2.45, 2.75) is 12.3 Å². The lowest BCUT2D eigenvalue weighted by molar-refractivity contribution is 0.0784. The number of rotatable bonds is 6. The molecule has 4 aromatic rings. The molecule has 0 spiro atoms. The Bertz CT molecular complexity index is 1640. The molecule has 0 aliphatic carbocycles. The van der Waals surface area contributed by atoms with Crippen LogP contribution in [0.5, 0.6) is 17.4 Å². The number of aromatic nitrogens is 3. The Morgan fingerprint density at radius 1 is 1.07 bits per heavy atom. The minimum atomic E-state index is -0.921. The van der Waals surface area contributed by atoms with Crippen molar-refractivity contribution in [3.63, 3.8) is 0 Å². The molecule has 2 aromatic heterocycles. The van der Waals surface area contributed by atoms with Crippen molar-refractivity contribution < 1.29 is 28.2 Å². The van der Waals surface area contributed by atoms with Crippen molar-refractivity contribution in [2.24, 2.45) is 0 Å². The first-order valence-corrected chi connectivity index (χ1v) is 12.5. The average Bonchev–Trinajstić information content (AvgIpc) is 3.42. The molecule has 1 N–H and O–H groups in total. The van der Waals surface area contributed by atoms with Gasteiger partial charge < -0.3 is 19.5 Å². The van der Waals surface area contributed by atoms with Crippen LogP contribution in [0.2, 0.25) is 5.02 Å². The summed E-state index contributed by atoms with van der Waals surface area (Å²) in [5.74, 6) is -3.36. The minimum Gasteiger partial charge on any atom is -0.494 e. The van der Waals surface area contributed by atoms with Crippen molar-refractivity contribution in [2.75, 3.05) is 27.3 Å². The molecule has 0 saturated carbocycles.